The van der Waals surface area contributed by atoms with Crippen molar-refractivity contribution in [2.45, 2.75) is 6.92 Å². The maximum absolute atomic E-state index is 11.8. The third-order valence-corrected chi connectivity index (χ3v) is 2.66. The number of imidazole rings is 1. The van der Waals surface area contributed by atoms with Gasteiger partial charge in [-0.1, -0.05) is 30.3 Å². The molecule has 2 aromatic rings. The zero-order valence-corrected chi connectivity index (χ0v) is 11.1. The molecular formula is C15H15N3O2. The third-order valence-electron chi connectivity index (χ3n) is 2.66. The van der Waals surface area contributed by atoms with Gasteiger partial charge < -0.3 is 15.1 Å². The number of hydrogen-bond donors (Lipinski definition) is 2. The van der Waals surface area contributed by atoms with E-state index >= 15 is 0 Å². The van der Waals surface area contributed by atoms with Gasteiger partial charge in [0.1, 0.15) is 11.4 Å². The van der Waals surface area contributed by atoms with E-state index in [0.29, 0.717) is 5.82 Å². The number of nitrogens with one attached hydrogen (secondary N) is 2. The lowest BCUT2D eigenvalue weighted by Crippen LogP contribution is -2.08. The number of aromatic nitrogens is 2. The van der Waals surface area contributed by atoms with E-state index in [1.54, 1.807) is 13.1 Å². The maximum atomic E-state index is 11.8. The quantitative estimate of drug-likeness (QED) is 0.497. The minimum atomic E-state index is -0.495. The molecule has 0 aliphatic carbocycles. The number of carbonyl (C=O) groups excluding carboxylic acids is 1. The summed E-state index contributed by atoms with van der Waals surface area (Å²) >= 11 is 0. The first kappa shape index (κ1) is 13.7. The molecule has 1 heterocycles. The Kier molecular flexibility index (Phi) is 4.44. The third kappa shape index (κ3) is 3.00. The lowest BCUT2D eigenvalue weighted by atomic mass is 10.2. The first-order valence-corrected chi connectivity index (χ1v) is 6.25. The van der Waals surface area contributed by atoms with E-state index in [9.17, 15) is 4.79 Å². The van der Waals surface area contributed by atoms with E-state index in [4.69, 9.17) is 10.1 Å². The van der Waals surface area contributed by atoms with Crippen LogP contribution in [0.1, 0.15) is 12.7 Å². The number of aromatic amines is 1. The van der Waals surface area contributed by atoms with E-state index in [0.717, 1.165) is 17.5 Å². The van der Waals surface area contributed by atoms with Crippen LogP contribution in [0.25, 0.3) is 16.8 Å². The van der Waals surface area contributed by atoms with Crippen molar-refractivity contribution in [1.82, 2.24) is 9.97 Å². The number of hydrogen-bond acceptors (Lipinski definition) is 4. The van der Waals surface area contributed by atoms with Gasteiger partial charge in [0.2, 0.25) is 0 Å². The molecule has 1 aromatic heterocycles. The molecule has 2 N–H and O–H groups in total. The minimum absolute atomic E-state index is 0.240. The highest BCUT2D eigenvalue weighted by molar-refractivity contribution is 6.18. The van der Waals surface area contributed by atoms with E-state index in [1.165, 1.54) is 6.08 Å². The highest BCUT2D eigenvalue weighted by Crippen LogP contribution is 2.20. The van der Waals surface area contributed by atoms with Gasteiger partial charge in [0.05, 0.1) is 18.5 Å². The smallest absolute Gasteiger partial charge is 0.341 e. The summed E-state index contributed by atoms with van der Waals surface area (Å²) in [5.74, 6) is -0.101. The maximum Gasteiger partial charge on any atom is 0.341 e. The zero-order chi connectivity index (χ0) is 14.4. The number of allylic oxidation sites excluding steroid dienone is 1. The largest absolute Gasteiger partial charge is 0.462 e. The Morgan fingerprint density at radius 1 is 1.40 bits per heavy atom. The van der Waals surface area contributed by atoms with Crippen molar-refractivity contribution in [1.29, 1.82) is 5.41 Å². The number of ether oxygens (including phenoxy) is 1. The lowest BCUT2D eigenvalue weighted by molar-refractivity contribution is -0.136. The Morgan fingerprint density at radius 3 is 2.80 bits per heavy atom. The van der Waals surface area contributed by atoms with Crippen LogP contribution >= 0.6 is 0 Å². The van der Waals surface area contributed by atoms with Crippen molar-refractivity contribution in [3.8, 4) is 11.3 Å². The molecule has 2 rings (SSSR count). The summed E-state index contributed by atoms with van der Waals surface area (Å²) in [6, 6.07) is 9.67. The molecule has 0 aliphatic heterocycles. The molecule has 0 saturated heterocycles. The molecule has 0 unspecified atom stereocenters. The average molecular weight is 269 g/mol. The van der Waals surface area contributed by atoms with Crippen molar-refractivity contribution in [3.63, 3.8) is 0 Å². The van der Waals surface area contributed by atoms with Crippen LogP contribution in [0.2, 0.25) is 0 Å². The molecule has 20 heavy (non-hydrogen) atoms. The predicted molar refractivity (Wildman–Crippen MR) is 77.4 cm³/mol. The standard InChI is InChI=1S/C15H15N3O2/c1-2-20-15(19)12(8-9-16)14-17-10-13(18-14)11-6-4-3-5-7-11/h3-10,16H,2H2,1H3,(H,17,18)/b12-8+,16-9?. The van der Waals surface area contributed by atoms with Gasteiger partial charge in [-0.3, -0.25) is 0 Å². The summed E-state index contributed by atoms with van der Waals surface area (Å²) in [6.07, 6.45) is 4.06. The van der Waals surface area contributed by atoms with Gasteiger partial charge in [-0.2, -0.15) is 0 Å². The van der Waals surface area contributed by atoms with Crippen molar-refractivity contribution in [2.24, 2.45) is 0 Å². The number of carbonyl (C=O) groups is 1. The van der Waals surface area contributed by atoms with Crippen LogP contribution < -0.4 is 0 Å². The molecule has 5 nitrogen and oxygen atoms in total. The Hall–Kier alpha value is -2.69. The first-order chi connectivity index (χ1) is 9.76. The van der Waals surface area contributed by atoms with Crippen molar-refractivity contribution in [3.05, 3.63) is 48.4 Å². The highest BCUT2D eigenvalue weighted by atomic mass is 16.5. The van der Waals surface area contributed by atoms with Gasteiger partial charge in [-0.15, -0.1) is 0 Å². The van der Waals surface area contributed by atoms with Gasteiger partial charge in [-0.25, -0.2) is 9.78 Å². The van der Waals surface area contributed by atoms with Crippen LogP contribution in [-0.2, 0) is 9.53 Å². The summed E-state index contributed by atoms with van der Waals surface area (Å²) < 4.78 is 4.96. The Morgan fingerprint density at radius 2 is 2.15 bits per heavy atom. The number of nitrogens with zero attached hydrogens (tertiary/aromatic N) is 1. The van der Waals surface area contributed by atoms with Crippen molar-refractivity contribution in [2.75, 3.05) is 6.61 Å². The lowest BCUT2D eigenvalue weighted by Gasteiger charge is -2.03. The fourth-order valence-corrected chi connectivity index (χ4v) is 1.76. The Labute approximate surface area is 116 Å². The van der Waals surface area contributed by atoms with Crippen LogP contribution in [0.5, 0.6) is 0 Å². The van der Waals surface area contributed by atoms with Gasteiger partial charge in [0.25, 0.3) is 0 Å². The molecule has 0 spiro atoms. The molecule has 1 aromatic carbocycles. The number of esters is 1. The SMILES string of the molecule is CCOC(=O)/C(=C/C=N)c1ncc(-c2ccccc2)[nH]1. The van der Waals surface area contributed by atoms with E-state index < -0.39 is 5.97 Å². The molecule has 102 valence electrons. The minimum Gasteiger partial charge on any atom is -0.462 e. The van der Waals surface area contributed by atoms with Crippen LogP contribution in [0, 0.1) is 5.41 Å². The monoisotopic (exact) mass is 269 g/mol. The van der Waals surface area contributed by atoms with Crippen molar-refractivity contribution < 1.29 is 9.53 Å². The van der Waals surface area contributed by atoms with Crippen LogP contribution in [0.15, 0.2) is 42.6 Å². The van der Waals surface area contributed by atoms with Gasteiger partial charge in [-0.05, 0) is 18.6 Å². The number of H-pyrrole nitrogens is 1. The van der Waals surface area contributed by atoms with E-state index in [2.05, 4.69) is 9.97 Å². The van der Waals surface area contributed by atoms with Gasteiger partial charge in [0.15, 0.2) is 0 Å². The topological polar surface area (TPSA) is 78.8 Å². The molecule has 0 saturated carbocycles. The first-order valence-electron chi connectivity index (χ1n) is 6.25. The second kappa shape index (κ2) is 6.47. The Bertz CT molecular complexity index is 630. The van der Waals surface area contributed by atoms with Crippen LogP contribution in [0.4, 0.5) is 0 Å². The number of benzene rings is 1. The normalized spacial score (nSPS) is 11.2. The number of rotatable bonds is 5. The summed E-state index contributed by atoms with van der Waals surface area (Å²) in [7, 11) is 0. The molecule has 0 fully saturated rings. The van der Waals surface area contributed by atoms with Crippen LogP contribution in [-0.4, -0.2) is 28.8 Å². The average Bonchev–Trinajstić information content (AvgIpc) is 2.95. The Balaban J connectivity index is 2.33. The summed E-state index contributed by atoms with van der Waals surface area (Å²) in [5, 5.41) is 7.13. The zero-order valence-electron chi connectivity index (χ0n) is 11.1. The molecule has 0 radical (unpaired) electrons. The fourth-order valence-electron chi connectivity index (χ4n) is 1.76. The predicted octanol–water partition coefficient (Wildman–Crippen LogP) is 2.67. The summed E-state index contributed by atoms with van der Waals surface area (Å²) in [5.41, 5.74) is 2.02. The molecule has 0 aliphatic rings. The second-order valence-corrected chi connectivity index (χ2v) is 3.98. The molecular weight excluding hydrogens is 254 g/mol. The molecule has 0 bridgehead atoms. The summed E-state index contributed by atoms with van der Waals surface area (Å²) in [6.45, 7) is 2.01. The molecule has 5 heteroatoms. The van der Waals surface area contributed by atoms with E-state index in [-0.39, 0.29) is 12.2 Å². The van der Waals surface area contributed by atoms with Gasteiger partial charge >= 0.3 is 5.97 Å². The summed E-state index contributed by atoms with van der Waals surface area (Å²) in [4.78, 5) is 19.1. The second-order valence-electron chi connectivity index (χ2n) is 3.98. The highest BCUT2D eigenvalue weighted by Gasteiger charge is 2.16. The van der Waals surface area contributed by atoms with Crippen LogP contribution in [0.3, 0.4) is 0 Å². The molecule has 0 atom stereocenters. The van der Waals surface area contributed by atoms with Gasteiger partial charge in [0, 0.05) is 6.21 Å². The van der Waals surface area contributed by atoms with E-state index in [1.807, 2.05) is 30.3 Å². The molecule has 0 amide bonds. The van der Waals surface area contributed by atoms with Crippen molar-refractivity contribution >= 4 is 17.8 Å². The fraction of sp³-hybridized carbons (Fsp3) is 0.133.